The van der Waals surface area contributed by atoms with Gasteiger partial charge in [-0.25, -0.2) is 0 Å². The van der Waals surface area contributed by atoms with Crippen molar-refractivity contribution in [2.24, 2.45) is 5.92 Å². The number of halogens is 1. The molecule has 0 aliphatic heterocycles. The molecular weight excluding hydrogens is 326 g/mol. The van der Waals surface area contributed by atoms with Gasteiger partial charge in [0.25, 0.3) is 0 Å². The van der Waals surface area contributed by atoms with Crippen LogP contribution in [0.5, 0.6) is 5.75 Å². The van der Waals surface area contributed by atoms with Gasteiger partial charge in [-0.1, -0.05) is 28.9 Å². The molecule has 6 heteroatoms. The van der Waals surface area contributed by atoms with Gasteiger partial charge < -0.3 is 15.2 Å². The smallest absolute Gasteiger partial charge is 0.303 e. The first-order chi connectivity index (χ1) is 9.47. The summed E-state index contributed by atoms with van der Waals surface area (Å²) >= 11 is 3.34. The van der Waals surface area contributed by atoms with E-state index in [1.165, 1.54) is 0 Å². The number of benzene rings is 1. The normalized spacial score (nSPS) is 11.7. The van der Waals surface area contributed by atoms with Crippen molar-refractivity contribution >= 4 is 27.8 Å². The number of carboxylic acid groups (broad SMARTS) is 1. The zero-order valence-electron chi connectivity index (χ0n) is 11.3. The second kappa shape index (κ2) is 8.58. The van der Waals surface area contributed by atoms with Crippen LogP contribution in [0.15, 0.2) is 28.7 Å². The minimum absolute atomic E-state index is 0.0504. The van der Waals surface area contributed by atoms with Gasteiger partial charge in [-0.2, -0.15) is 0 Å². The number of hydrogen-bond acceptors (Lipinski definition) is 3. The second-order valence-corrected chi connectivity index (χ2v) is 5.48. The third-order valence-electron chi connectivity index (χ3n) is 2.56. The van der Waals surface area contributed by atoms with Gasteiger partial charge in [0.1, 0.15) is 5.75 Å². The Kier molecular flexibility index (Phi) is 7.08. The lowest BCUT2D eigenvalue weighted by molar-refractivity contribution is -0.138. The topological polar surface area (TPSA) is 75.6 Å². The number of rotatable bonds is 8. The van der Waals surface area contributed by atoms with Crippen LogP contribution < -0.4 is 10.1 Å². The molecule has 0 bridgehead atoms. The van der Waals surface area contributed by atoms with Crippen LogP contribution in [0.25, 0.3) is 0 Å². The van der Waals surface area contributed by atoms with Crippen LogP contribution in [-0.2, 0) is 9.59 Å². The lowest BCUT2D eigenvalue weighted by Crippen LogP contribution is -2.30. The molecule has 0 radical (unpaired) electrons. The Labute approximate surface area is 126 Å². The first-order valence-corrected chi connectivity index (χ1v) is 7.13. The van der Waals surface area contributed by atoms with E-state index in [1.54, 1.807) is 6.92 Å². The van der Waals surface area contributed by atoms with E-state index in [0.717, 1.165) is 4.47 Å². The predicted octanol–water partition coefficient (Wildman–Crippen LogP) is 2.45. The van der Waals surface area contributed by atoms with Gasteiger partial charge in [0, 0.05) is 17.4 Å². The molecule has 1 atom stereocenters. The molecule has 20 heavy (non-hydrogen) atoms. The summed E-state index contributed by atoms with van der Waals surface area (Å²) in [6.07, 6.45) is 0.293. The fourth-order valence-corrected chi connectivity index (χ4v) is 1.94. The number of ether oxygens (including phenoxy) is 1. The van der Waals surface area contributed by atoms with E-state index < -0.39 is 5.97 Å². The maximum atomic E-state index is 11.5. The Morgan fingerprint density at radius 2 is 2.20 bits per heavy atom. The summed E-state index contributed by atoms with van der Waals surface area (Å²) in [5.74, 6) is -0.379. The van der Waals surface area contributed by atoms with Gasteiger partial charge in [0.05, 0.1) is 13.0 Å². The van der Waals surface area contributed by atoms with E-state index in [4.69, 9.17) is 9.84 Å². The Morgan fingerprint density at radius 1 is 1.45 bits per heavy atom. The Bertz CT molecular complexity index is 464. The van der Waals surface area contributed by atoms with Gasteiger partial charge >= 0.3 is 5.97 Å². The summed E-state index contributed by atoms with van der Waals surface area (Å²) in [5.41, 5.74) is 0. The second-order valence-electron chi connectivity index (χ2n) is 4.56. The van der Waals surface area contributed by atoms with Crippen molar-refractivity contribution in [2.45, 2.75) is 19.8 Å². The Morgan fingerprint density at radius 3 is 2.85 bits per heavy atom. The fraction of sp³-hybridized carbons (Fsp3) is 0.429. The Balaban J connectivity index is 2.18. The van der Waals surface area contributed by atoms with Crippen molar-refractivity contribution in [1.82, 2.24) is 5.32 Å². The third-order valence-corrected chi connectivity index (χ3v) is 3.06. The zero-order chi connectivity index (χ0) is 15.0. The molecule has 1 aromatic carbocycles. The summed E-state index contributed by atoms with van der Waals surface area (Å²) in [4.78, 5) is 22.0. The molecule has 1 rings (SSSR count). The van der Waals surface area contributed by atoms with Gasteiger partial charge in [-0.15, -0.1) is 0 Å². The summed E-state index contributed by atoms with van der Waals surface area (Å²) in [6.45, 7) is 2.43. The van der Waals surface area contributed by atoms with Crippen molar-refractivity contribution in [3.8, 4) is 5.75 Å². The minimum Gasteiger partial charge on any atom is -0.493 e. The first-order valence-electron chi connectivity index (χ1n) is 6.34. The quantitative estimate of drug-likeness (QED) is 0.760. The monoisotopic (exact) mass is 343 g/mol. The molecule has 0 saturated carbocycles. The van der Waals surface area contributed by atoms with Crippen molar-refractivity contribution in [1.29, 1.82) is 0 Å². The van der Waals surface area contributed by atoms with Crippen LogP contribution >= 0.6 is 15.9 Å². The van der Waals surface area contributed by atoms with Crippen molar-refractivity contribution in [2.75, 3.05) is 13.2 Å². The van der Waals surface area contributed by atoms with Crippen molar-refractivity contribution in [3.05, 3.63) is 28.7 Å². The number of carbonyl (C=O) groups is 2. The number of carbonyl (C=O) groups excluding carboxylic acids is 1. The highest BCUT2D eigenvalue weighted by atomic mass is 79.9. The molecule has 1 aromatic rings. The molecule has 0 aromatic heterocycles. The summed E-state index contributed by atoms with van der Waals surface area (Å²) < 4.78 is 6.36. The van der Waals surface area contributed by atoms with E-state index in [9.17, 15) is 9.59 Å². The predicted molar refractivity (Wildman–Crippen MR) is 78.7 cm³/mol. The maximum Gasteiger partial charge on any atom is 0.303 e. The summed E-state index contributed by atoms with van der Waals surface area (Å²) in [5, 5.41) is 11.3. The van der Waals surface area contributed by atoms with Crippen LogP contribution in [0, 0.1) is 5.92 Å². The minimum atomic E-state index is -0.857. The lowest BCUT2D eigenvalue weighted by Gasteiger charge is -2.11. The molecule has 1 amide bonds. The highest BCUT2D eigenvalue weighted by molar-refractivity contribution is 9.10. The van der Waals surface area contributed by atoms with E-state index in [-0.39, 0.29) is 31.3 Å². The maximum absolute atomic E-state index is 11.5. The largest absolute Gasteiger partial charge is 0.493 e. The molecule has 1 unspecified atom stereocenters. The molecule has 5 nitrogen and oxygen atoms in total. The van der Waals surface area contributed by atoms with Gasteiger partial charge in [0.2, 0.25) is 5.91 Å². The van der Waals surface area contributed by atoms with Crippen LogP contribution in [0.4, 0.5) is 0 Å². The molecule has 0 aliphatic rings. The van der Waals surface area contributed by atoms with Crippen LogP contribution in [-0.4, -0.2) is 30.1 Å². The molecule has 2 N–H and O–H groups in total. The van der Waals surface area contributed by atoms with Crippen LogP contribution in [0.2, 0.25) is 0 Å². The number of aliphatic carboxylic acids is 1. The van der Waals surface area contributed by atoms with Crippen LogP contribution in [0.1, 0.15) is 19.8 Å². The summed E-state index contributed by atoms with van der Waals surface area (Å²) in [7, 11) is 0. The molecular formula is C14H18BrNO4. The SMILES string of the molecule is CC(CNC(=O)CCOc1cccc(Br)c1)CC(=O)O. The third kappa shape index (κ3) is 7.13. The highest BCUT2D eigenvalue weighted by Gasteiger charge is 2.09. The van der Waals surface area contributed by atoms with E-state index >= 15 is 0 Å². The molecule has 0 aliphatic carbocycles. The molecule has 0 fully saturated rings. The van der Waals surface area contributed by atoms with Gasteiger partial charge in [0.15, 0.2) is 0 Å². The van der Waals surface area contributed by atoms with Crippen LogP contribution in [0.3, 0.4) is 0 Å². The molecule has 110 valence electrons. The molecule has 0 heterocycles. The average Bonchev–Trinajstić information content (AvgIpc) is 2.36. The lowest BCUT2D eigenvalue weighted by atomic mass is 10.1. The van der Waals surface area contributed by atoms with Gasteiger partial charge in [-0.3, -0.25) is 9.59 Å². The highest BCUT2D eigenvalue weighted by Crippen LogP contribution is 2.17. The van der Waals surface area contributed by atoms with E-state index in [1.807, 2.05) is 24.3 Å². The summed E-state index contributed by atoms with van der Waals surface area (Å²) in [6, 6.07) is 7.39. The zero-order valence-corrected chi connectivity index (χ0v) is 12.9. The molecule has 0 spiro atoms. The first kappa shape index (κ1) is 16.5. The average molecular weight is 344 g/mol. The fourth-order valence-electron chi connectivity index (χ4n) is 1.57. The number of hydrogen-bond donors (Lipinski definition) is 2. The standard InChI is InChI=1S/C14H18BrNO4/c1-10(7-14(18)19)9-16-13(17)5-6-20-12-4-2-3-11(15)8-12/h2-4,8,10H,5-7,9H2,1H3,(H,16,17)(H,18,19). The number of amides is 1. The number of carboxylic acids is 1. The van der Waals surface area contributed by atoms with Crippen molar-refractivity contribution in [3.63, 3.8) is 0 Å². The van der Waals surface area contributed by atoms with Crippen molar-refractivity contribution < 1.29 is 19.4 Å². The Hall–Kier alpha value is -1.56. The molecule has 0 saturated heterocycles. The van der Waals surface area contributed by atoms with E-state index in [0.29, 0.717) is 12.3 Å². The van der Waals surface area contributed by atoms with E-state index in [2.05, 4.69) is 21.2 Å². The number of nitrogens with one attached hydrogen (secondary N) is 1. The van der Waals surface area contributed by atoms with Gasteiger partial charge in [-0.05, 0) is 24.1 Å².